The second-order valence-corrected chi connectivity index (χ2v) is 7.16. The lowest BCUT2D eigenvalue weighted by atomic mass is 10.00. The van der Waals surface area contributed by atoms with E-state index in [4.69, 9.17) is 0 Å². The molecule has 3 aromatic rings. The molecule has 5 heteroatoms. The number of carbonyl (C=O) groups excluding carboxylic acids is 1. The van der Waals surface area contributed by atoms with Crippen LogP contribution >= 0.6 is 0 Å². The zero-order chi connectivity index (χ0) is 19.0. The molecule has 1 fully saturated rings. The zero-order valence-electron chi connectivity index (χ0n) is 15.5. The third kappa shape index (κ3) is 3.43. The van der Waals surface area contributed by atoms with Gasteiger partial charge in [-0.25, -0.2) is 4.39 Å². The number of pyridine rings is 1. The Hall–Kier alpha value is -2.79. The molecule has 2 heterocycles. The average molecular weight is 363 g/mol. The van der Waals surface area contributed by atoms with E-state index < -0.39 is 0 Å². The number of piperazine rings is 1. The third-order valence-electron chi connectivity index (χ3n) is 5.16. The van der Waals surface area contributed by atoms with Gasteiger partial charge in [-0.2, -0.15) is 0 Å². The number of carbonyl (C=O) groups is 1. The van der Waals surface area contributed by atoms with Gasteiger partial charge in [0.25, 0.3) is 5.91 Å². The molecule has 1 unspecified atom stereocenters. The number of halogens is 1. The van der Waals surface area contributed by atoms with E-state index in [-0.39, 0.29) is 17.8 Å². The van der Waals surface area contributed by atoms with Crippen LogP contribution in [0, 0.1) is 12.7 Å². The normalized spacial score (nSPS) is 18.0. The molecule has 4 nitrogen and oxygen atoms in total. The van der Waals surface area contributed by atoms with E-state index in [1.54, 1.807) is 6.07 Å². The molecule has 27 heavy (non-hydrogen) atoms. The number of likely N-dealkylation sites (N-methyl/N-ethyl adjacent to an activating group) is 1. The summed E-state index contributed by atoms with van der Waals surface area (Å²) in [5.41, 5.74) is 2.94. The van der Waals surface area contributed by atoms with E-state index in [0.717, 1.165) is 18.7 Å². The highest BCUT2D eigenvalue weighted by Crippen LogP contribution is 2.29. The van der Waals surface area contributed by atoms with Gasteiger partial charge in [-0.3, -0.25) is 9.78 Å². The van der Waals surface area contributed by atoms with Crippen LogP contribution in [0.2, 0.25) is 0 Å². The van der Waals surface area contributed by atoms with Crippen LogP contribution in [0.3, 0.4) is 0 Å². The Morgan fingerprint density at radius 3 is 2.67 bits per heavy atom. The Labute approximate surface area is 158 Å². The molecule has 138 valence electrons. The lowest BCUT2D eigenvalue weighted by Crippen LogP contribution is -2.49. The number of fused-ring (bicyclic) bond motifs is 1. The Balaban J connectivity index is 1.78. The number of nitrogens with zero attached hydrogens (tertiary/aromatic N) is 3. The van der Waals surface area contributed by atoms with E-state index in [1.807, 2.05) is 36.1 Å². The largest absolute Gasteiger partial charge is 0.329 e. The molecular formula is C22H22FN3O. The minimum atomic E-state index is -0.347. The summed E-state index contributed by atoms with van der Waals surface area (Å²) in [6, 6.07) is 16.3. The van der Waals surface area contributed by atoms with Crippen molar-refractivity contribution in [2.75, 3.05) is 26.7 Å². The highest BCUT2D eigenvalue weighted by molar-refractivity contribution is 6.06. The quantitative estimate of drug-likeness (QED) is 0.695. The molecule has 0 N–H and O–H groups in total. The molecule has 0 aliphatic carbocycles. The van der Waals surface area contributed by atoms with Crippen molar-refractivity contribution in [1.29, 1.82) is 0 Å². The average Bonchev–Trinajstić information content (AvgIpc) is 2.67. The van der Waals surface area contributed by atoms with Crippen LogP contribution < -0.4 is 0 Å². The maximum absolute atomic E-state index is 13.6. The monoisotopic (exact) mass is 363 g/mol. The SMILES string of the molecule is Cc1cc(C(=O)N2CCN(C)CC2c2ccccc2)c2ccc(F)cc2n1. The van der Waals surface area contributed by atoms with Gasteiger partial charge in [0.2, 0.25) is 0 Å². The maximum Gasteiger partial charge on any atom is 0.255 e. The summed E-state index contributed by atoms with van der Waals surface area (Å²) in [4.78, 5) is 22.1. The van der Waals surface area contributed by atoms with Crippen LogP contribution in [0.25, 0.3) is 10.9 Å². The molecule has 1 saturated heterocycles. The minimum absolute atomic E-state index is 0.0126. The van der Waals surface area contributed by atoms with Crippen molar-refractivity contribution < 1.29 is 9.18 Å². The molecular weight excluding hydrogens is 341 g/mol. The predicted molar refractivity (Wildman–Crippen MR) is 104 cm³/mol. The first-order valence-corrected chi connectivity index (χ1v) is 9.14. The first-order chi connectivity index (χ1) is 13.0. The van der Waals surface area contributed by atoms with Crippen LogP contribution in [-0.4, -0.2) is 47.4 Å². The molecule has 1 amide bonds. The fourth-order valence-electron chi connectivity index (χ4n) is 3.79. The van der Waals surface area contributed by atoms with Gasteiger partial charge < -0.3 is 9.80 Å². The van der Waals surface area contributed by atoms with Crippen LogP contribution in [0.4, 0.5) is 4.39 Å². The number of aryl methyl sites for hydroxylation is 1. The van der Waals surface area contributed by atoms with E-state index in [2.05, 4.69) is 29.1 Å². The molecule has 0 bridgehead atoms. The highest BCUT2D eigenvalue weighted by Gasteiger charge is 2.31. The maximum atomic E-state index is 13.6. The number of aromatic nitrogens is 1. The molecule has 0 spiro atoms. The smallest absolute Gasteiger partial charge is 0.255 e. The Bertz CT molecular complexity index is 984. The first kappa shape index (κ1) is 17.6. The van der Waals surface area contributed by atoms with Gasteiger partial charge in [-0.05, 0) is 37.7 Å². The third-order valence-corrected chi connectivity index (χ3v) is 5.16. The number of benzene rings is 2. The number of hydrogen-bond donors (Lipinski definition) is 0. The van der Waals surface area contributed by atoms with Crippen molar-refractivity contribution in [2.24, 2.45) is 0 Å². The number of amides is 1. The summed E-state index contributed by atoms with van der Waals surface area (Å²) >= 11 is 0. The van der Waals surface area contributed by atoms with Crippen molar-refractivity contribution in [1.82, 2.24) is 14.8 Å². The van der Waals surface area contributed by atoms with Crippen molar-refractivity contribution in [2.45, 2.75) is 13.0 Å². The van der Waals surface area contributed by atoms with Gasteiger partial charge >= 0.3 is 0 Å². The summed E-state index contributed by atoms with van der Waals surface area (Å²) in [5, 5.41) is 0.692. The summed E-state index contributed by atoms with van der Waals surface area (Å²) in [7, 11) is 2.08. The highest BCUT2D eigenvalue weighted by atomic mass is 19.1. The van der Waals surface area contributed by atoms with E-state index in [0.29, 0.717) is 28.7 Å². The fraction of sp³-hybridized carbons (Fsp3) is 0.273. The van der Waals surface area contributed by atoms with Gasteiger partial charge in [-0.15, -0.1) is 0 Å². The summed E-state index contributed by atoms with van der Waals surface area (Å²) < 4.78 is 13.6. The number of rotatable bonds is 2. The fourth-order valence-corrected chi connectivity index (χ4v) is 3.79. The Morgan fingerprint density at radius 2 is 1.89 bits per heavy atom. The van der Waals surface area contributed by atoms with Crippen LogP contribution in [0.1, 0.15) is 27.7 Å². The van der Waals surface area contributed by atoms with Crippen LogP contribution in [0.15, 0.2) is 54.6 Å². The van der Waals surface area contributed by atoms with Gasteiger partial charge in [0.05, 0.1) is 17.1 Å². The van der Waals surface area contributed by atoms with Crippen molar-refractivity contribution >= 4 is 16.8 Å². The summed E-state index contributed by atoms with van der Waals surface area (Å²) in [6.07, 6.45) is 0. The number of hydrogen-bond acceptors (Lipinski definition) is 3. The van der Waals surface area contributed by atoms with E-state index >= 15 is 0 Å². The van der Waals surface area contributed by atoms with E-state index in [1.165, 1.54) is 12.1 Å². The molecule has 0 saturated carbocycles. The standard InChI is InChI=1S/C22H22FN3O/c1-15-12-19(18-9-8-17(23)13-20(18)24-15)22(27)26-11-10-25(2)14-21(26)16-6-4-3-5-7-16/h3-9,12-13,21H,10-11,14H2,1-2H3. The molecule has 2 aromatic carbocycles. The summed E-state index contributed by atoms with van der Waals surface area (Å²) in [6.45, 7) is 4.09. The Kier molecular flexibility index (Phi) is 4.62. The summed E-state index contributed by atoms with van der Waals surface area (Å²) in [5.74, 6) is -0.375. The molecule has 1 aliphatic rings. The lowest BCUT2D eigenvalue weighted by Gasteiger charge is -2.40. The van der Waals surface area contributed by atoms with Gasteiger partial charge in [0.1, 0.15) is 5.82 Å². The van der Waals surface area contributed by atoms with Crippen molar-refractivity contribution in [3.63, 3.8) is 0 Å². The van der Waals surface area contributed by atoms with Crippen molar-refractivity contribution in [3.8, 4) is 0 Å². The Morgan fingerprint density at radius 1 is 1.11 bits per heavy atom. The lowest BCUT2D eigenvalue weighted by molar-refractivity contribution is 0.0500. The molecule has 0 radical (unpaired) electrons. The van der Waals surface area contributed by atoms with Crippen LogP contribution in [0.5, 0.6) is 0 Å². The van der Waals surface area contributed by atoms with Crippen molar-refractivity contribution in [3.05, 3.63) is 77.2 Å². The van der Waals surface area contributed by atoms with Crippen LogP contribution in [-0.2, 0) is 0 Å². The molecule has 1 atom stereocenters. The predicted octanol–water partition coefficient (Wildman–Crippen LogP) is 3.81. The minimum Gasteiger partial charge on any atom is -0.329 e. The van der Waals surface area contributed by atoms with Gasteiger partial charge in [-0.1, -0.05) is 30.3 Å². The second kappa shape index (κ2) is 7.08. The first-order valence-electron chi connectivity index (χ1n) is 9.14. The molecule has 1 aliphatic heterocycles. The van der Waals surface area contributed by atoms with Gasteiger partial charge in [0, 0.05) is 36.8 Å². The molecule has 1 aromatic heterocycles. The van der Waals surface area contributed by atoms with E-state index in [9.17, 15) is 9.18 Å². The zero-order valence-corrected chi connectivity index (χ0v) is 15.5. The second-order valence-electron chi connectivity index (χ2n) is 7.16. The molecule has 4 rings (SSSR count). The topological polar surface area (TPSA) is 36.4 Å². The van der Waals surface area contributed by atoms with Gasteiger partial charge in [0.15, 0.2) is 0 Å².